The Labute approximate surface area is 125 Å². The van der Waals surface area contributed by atoms with Crippen molar-refractivity contribution in [2.45, 2.75) is 25.0 Å². The van der Waals surface area contributed by atoms with Gasteiger partial charge in [0.15, 0.2) is 0 Å². The summed E-state index contributed by atoms with van der Waals surface area (Å²) in [5.74, 6) is 0. The molecular formula is C18H20N2O. The smallest absolute Gasteiger partial charge is 0.0953 e. The van der Waals surface area contributed by atoms with Gasteiger partial charge >= 0.3 is 0 Å². The van der Waals surface area contributed by atoms with E-state index in [0.717, 1.165) is 35.9 Å². The van der Waals surface area contributed by atoms with Crippen molar-refractivity contribution in [3.8, 4) is 0 Å². The second kappa shape index (κ2) is 6.20. The number of rotatable bonds is 3. The van der Waals surface area contributed by atoms with Crippen LogP contribution >= 0.6 is 0 Å². The van der Waals surface area contributed by atoms with Crippen molar-refractivity contribution in [3.05, 3.63) is 66.4 Å². The maximum Gasteiger partial charge on any atom is 0.0953 e. The second-order valence-electron chi connectivity index (χ2n) is 5.44. The summed E-state index contributed by atoms with van der Waals surface area (Å²) in [6.07, 6.45) is 6.99. The normalized spacial score (nSPS) is 22.3. The average molecular weight is 280 g/mol. The molecule has 0 saturated carbocycles. The monoisotopic (exact) mass is 280 g/mol. The lowest BCUT2D eigenvalue weighted by Gasteiger charge is -2.30. The number of pyridine rings is 1. The van der Waals surface area contributed by atoms with E-state index < -0.39 is 6.10 Å². The summed E-state index contributed by atoms with van der Waals surface area (Å²) in [6.45, 7) is 4.65. The number of allylic oxidation sites excluding steroid dienone is 2. The van der Waals surface area contributed by atoms with Crippen LogP contribution in [0, 0.1) is 0 Å². The standard InChI is InChI=1S/C18H20N2O/c1-2-5-13-8-10-20-17(12-13)18(21)15-9-11-19-16-7-4-3-6-14(15)16/h2-7,9,11,17-18,20-21H,1,8,10,12H2/t17?,18-/m1/s1. The number of hydrogen-bond acceptors (Lipinski definition) is 3. The number of nitrogens with one attached hydrogen (secondary N) is 1. The van der Waals surface area contributed by atoms with Gasteiger partial charge in [0.25, 0.3) is 0 Å². The summed E-state index contributed by atoms with van der Waals surface area (Å²) in [5, 5.41) is 15.2. The van der Waals surface area contributed by atoms with Crippen molar-refractivity contribution < 1.29 is 5.11 Å². The van der Waals surface area contributed by atoms with E-state index in [1.54, 1.807) is 6.20 Å². The molecule has 2 heterocycles. The second-order valence-corrected chi connectivity index (χ2v) is 5.44. The number of aromatic nitrogens is 1. The van der Waals surface area contributed by atoms with Crippen molar-refractivity contribution in [2.24, 2.45) is 0 Å². The minimum absolute atomic E-state index is 0.0377. The highest BCUT2D eigenvalue weighted by Crippen LogP contribution is 2.29. The molecule has 1 aliphatic heterocycles. The number of piperidine rings is 1. The maximum absolute atomic E-state index is 10.8. The summed E-state index contributed by atoms with van der Waals surface area (Å²) in [5.41, 5.74) is 3.20. The van der Waals surface area contributed by atoms with Crippen LogP contribution in [0.5, 0.6) is 0 Å². The van der Waals surface area contributed by atoms with Gasteiger partial charge in [0.05, 0.1) is 11.6 Å². The fourth-order valence-electron chi connectivity index (χ4n) is 3.01. The van der Waals surface area contributed by atoms with Gasteiger partial charge in [0.2, 0.25) is 0 Å². The third-order valence-electron chi connectivity index (χ3n) is 4.07. The predicted octanol–water partition coefficient (Wildman–Crippen LogP) is 3.13. The number of para-hydroxylation sites is 1. The van der Waals surface area contributed by atoms with E-state index in [4.69, 9.17) is 0 Å². The van der Waals surface area contributed by atoms with Gasteiger partial charge in [-0.25, -0.2) is 0 Å². The summed E-state index contributed by atoms with van der Waals surface area (Å²) >= 11 is 0. The Kier molecular flexibility index (Phi) is 4.13. The van der Waals surface area contributed by atoms with E-state index in [0.29, 0.717) is 0 Å². The first kappa shape index (κ1) is 14.0. The van der Waals surface area contributed by atoms with Crippen LogP contribution in [0.1, 0.15) is 24.5 Å². The van der Waals surface area contributed by atoms with Gasteiger partial charge < -0.3 is 10.4 Å². The molecule has 108 valence electrons. The third-order valence-corrected chi connectivity index (χ3v) is 4.07. The topological polar surface area (TPSA) is 45.1 Å². The first-order valence-corrected chi connectivity index (χ1v) is 7.35. The van der Waals surface area contributed by atoms with Crippen molar-refractivity contribution in [1.29, 1.82) is 0 Å². The van der Waals surface area contributed by atoms with Crippen molar-refractivity contribution in [1.82, 2.24) is 10.3 Å². The minimum atomic E-state index is -0.536. The van der Waals surface area contributed by atoms with E-state index in [9.17, 15) is 5.11 Å². The van der Waals surface area contributed by atoms with E-state index >= 15 is 0 Å². The number of fused-ring (bicyclic) bond motifs is 1. The number of aliphatic hydroxyl groups is 1. The molecule has 0 radical (unpaired) electrons. The maximum atomic E-state index is 10.8. The lowest BCUT2D eigenvalue weighted by atomic mass is 9.90. The van der Waals surface area contributed by atoms with Crippen molar-refractivity contribution >= 4 is 10.9 Å². The fourth-order valence-corrected chi connectivity index (χ4v) is 3.01. The van der Waals surface area contributed by atoms with Crippen LogP contribution in [-0.4, -0.2) is 22.7 Å². The van der Waals surface area contributed by atoms with Crippen LogP contribution in [0.15, 0.2) is 60.8 Å². The summed E-state index contributed by atoms with van der Waals surface area (Å²) in [4.78, 5) is 4.36. The molecular weight excluding hydrogens is 260 g/mol. The highest BCUT2D eigenvalue weighted by molar-refractivity contribution is 5.82. The first-order chi connectivity index (χ1) is 10.3. The fraction of sp³-hybridized carbons (Fsp3) is 0.278. The Morgan fingerprint density at radius 2 is 2.19 bits per heavy atom. The molecule has 0 aliphatic carbocycles. The van der Waals surface area contributed by atoms with Crippen LogP contribution in [0.25, 0.3) is 10.9 Å². The van der Waals surface area contributed by atoms with Gasteiger partial charge in [0.1, 0.15) is 0 Å². The first-order valence-electron chi connectivity index (χ1n) is 7.35. The Balaban J connectivity index is 1.91. The van der Waals surface area contributed by atoms with Gasteiger partial charge in [-0.15, -0.1) is 0 Å². The molecule has 1 saturated heterocycles. The SMILES string of the molecule is C=CC=C1CCNC([C@H](O)c2ccnc3ccccc23)C1. The number of hydrogen-bond donors (Lipinski definition) is 2. The molecule has 1 aliphatic rings. The molecule has 2 atom stereocenters. The summed E-state index contributed by atoms with van der Waals surface area (Å²) in [6, 6.07) is 9.90. The predicted molar refractivity (Wildman–Crippen MR) is 86.0 cm³/mol. The van der Waals surface area contributed by atoms with Gasteiger partial charge in [-0.2, -0.15) is 0 Å². The molecule has 3 rings (SSSR count). The lowest BCUT2D eigenvalue weighted by Crippen LogP contribution is -2.39. The third kappa shape index (κ3) is 2.89. The molecule has 2 N–H and O–H groups in total. The van der Waals surface area contributed by atoms with Gasteiger partial charge in [-0.3, -0.25) is 4.98 Å². The highest BCUT2D eigenvalue weighted by Gasteiger charge is 2.25. The largest absolute Gasteiger partial charge is 0.387 e. The molecule has 1 aromatic heterocycles. The zero-order chi connectivity index (χ0) is 14.7. The average Bonchev–Trinajstić information content (AvgIpc) is 2.54. The van der Waals surface area contributed by atoms with E-state index in [1.165, 1.54) is 5.57 Å². The van der Waals surface area contributed by atoms with Gasteiger partial charge in [-0.1, -0.05) is 42.5 Å². The molecule has 0 spiro atoms. The van der Waals surface area contributed by atoms with E-state index in [1.807, 2.05) is 36.4 Å². The van der Waals surface area contributed by atoms with Crippen LogP contribution in [0.2, 0.25) is 0 Å². The molecule has 3 heteroatoms. The molecule has 21 heavy (non-hydrogen) atoms. The molecule has 3 nitrogen and oxygen atoms in total. The quantitative estimate of drug-likeness (QED) is 0.908. The number of nitrogens with zero attached hydrogens (tertiary/aromatic N) is 1. The molecule has 2 aromatic rings. The Morgan fingerprint density at radius 3 is 3.05 bits per heavy atom. The van der Waals surface area contributed by atoms with Crippen LogP contribution in [-0.2, 0) is 0 Å². The Hall–Kier alpha value is -1.97. The molecule has 1 aromatic carbocycles. The van der Waals surface area contributed by atoms with Crippen molar-refractivity contribution in [2.75, 3.05) is 6.54 Å². The zero-order valence-electron chi connectivity index (χ0n) is 12.0. The lowest BCUT2D eigenvalue weighted by molar-refractivity contribution is 0.124. The van der Waals surface area contributed by atoms with E-state index in [-0.39, 0.29) is 6.04 Å². The van der Waals surface area contributed by atoms with Crippen LogP contribution in [0.4, 0.5) is 0 Å². The summed E-state index contributed by atoms with van der Waals surface area (Å²) < 4.78 is 0. The number of benzene rings is 1. The van der Waals surface area contributed by atoms with Gasteiger partial charge in [0, 0.05) is 17.6 Å². The molecule has 1 unspecified atom stereocenters. The minimum Gasteiger partial charge on any atom is -0.387 e. The number of aliphatic hydroxyl groups excluding tert-OH is 1. The van der Waals surface area contributed by atoms with Crippen molar-refractivity contribution in [3.63, 3.8) is 0 Å². The van der Waals surface area contributed by atoms with Gasteiger partial charge in [-0.05, 0) is 37.1 Å². The van der Waals surface area contributed by atoms with Crippen LogP contribution in [0.3, 0.4) is 0 Å². The van der Waals surface area contributed by atoms with E-state index in [2.05, 4.69) is 23.0 Å². The molecule has 0 amide bonds. The Morgan fingerprint density at radius 1 is 1.33 bits per heavy atom. The summed E-state index contributed by atoms with van der Waals surface area (Å²) in [7, 11) is 0. The Bertz CT molecular complexity index is 672. The highest BCUT2D eigenvalue weighted by atomic mass is 16.3. The zero-order valence-corrected chi connectivity index (χ0v) is 12.0. The molecule has 1 fully saturated rings. The molecule has 0 bridgehead atoms. The van der Waals surface area contributed by atoms with Crippen LogP contribution < -0.4 is 5.32 Å².